The molecule has 1 saturated heterocycles. The van der Waals surface area contributed by atoms with Gasteiger partial charge in [0.25, 0.3) is 0 Å². The van der Waals surface area contributed by atoms with Gasteiger partial charge in [-0.05, 0) is 24.0 Å². The van der Waals surface area contributed by atoms with Crippen LogP contribution in [0.4, 0.5) is 5.69 Å². The van der Waals surface area contributed by atoms with Crippen LogP contribution in [0.5, 0.6) is 0 Å². The summed E-state index contributed by atoms with van der Waals surface area (Å²) in [5.41, 5.74) is 2.67. The van der Waals surface area contributed by atoms with E-state index in [1.807, 2.05) is 19.9 Å². The Morgan fingerprint density at radius 2 is 2.00 bits per heavy atom. The molecule has 7 nitrogen and oxygen atoms in total. The van der Waals surface area contributed by atoms with Gasteiger partial charge in [0.05, 0.1) is 17.3 Å². The van der Waals surface area contributed by atoms with E-state index in [1.54, 1.807) is 18.5 Å². The van der Waals surface area contributed by atoms with Crippen LogP contribution in [0.15, 0.2) is 24.5 Å². The number of nitrogens with zero attached hydrogens (tertiary/aromatic N) is 4. The lowest BCUT2D eigenvalue weighted by atomic mass is 10.0. The molecule has 0 bridgehead atoms. The molecule has 7 heteroatoms. The van der Waals surface area contributed by atoms with Crippen molar-refractivity contribution < 1.29 is 9.90 Å². The van der Waals surface area contributed by atoms with Crippen molar-refractivity contribution in [2.75, 3.05) is 18.0 Å². The van der Waals surface area contributed by atoms with Crippen LogP contribution < -0.4 is 10.2 Å². The van der Waals surface area contributed by atoms with E-state index in [1.165, 1.54) is 0 Å². The van der Waals surface area contributed by atoms with Gasteiger partial charge in [-0.3, -0.25) is 14.8 Å². The van der Waals surface area contributed by atoms with Gasteiger partial charge < -0.3 is 15.3 Å². The lowest BCUT2D eigenvalue weighted by Gasteiger charge is -2.22. The van der Waals surface area contributed by atoms with Gasteiger partial charge in [-0.2, -0.15) is 5.26 Å². The zero-order valence-corrected chi connectivity index (χ0v) is 15.2. The molecule has 0 radical (unpaired) electrons. The number of rotatable bonds is 4. The number of benzene rings is 1. The summed E-state index contributed by atoms with van der Waals surface area (Å²) in [6, 6.07) is 5.73. The molecule has 2 heterocycles. The fourth-order valence-corrected chi connectivity index (χ4v) is 3.31. The molecule has 0 spiro atoms. The number of anilines is 1. The molecular weight excluding hydrogens is 330 g/mol. The summed E-state index contributed by atoms with van der Waals surface area (Å²) < 4.78 is 0. The number of nitrogens with one attached hydrogen (secondary N) is 1. The first-order chi connectivity index (χ1) is 12.4. The highest BCUT2D eigenvalue weighted by Crippen LogP contribution is 2.30. The van der Waals surface area contributed by atoms with Crippen LogP contribution in [0.3, 0.4) is 0 Å². The highest BCUT2D eigenvalue weighted by molar-refractivity contribution is 5.92. The molecule has 2 N–H and O–H groups in total. The number of carbonyl (C=O) groups is 1. The molecule has 1 aliphatic heterocycles. The third kappa shape index (κ3) is 3.33. The second-order valence-electron chi connectivity index (χ2n) is 7.18. The van der Waals surface area contributed by atoms with Crippen LogP contribution in [0.1, 0.15) is 26.3 Å². The number of hydrogen-bond donors (Lipinski definition) is 2. The Morgan fingerprint density at radius 1 is 1.31 bits per heavy atom. The van der Waals surface area contributed by atoms with Crippen LogP contribution in [0.25, 0.3) is 11.0 Å². The summed E-state index contributed by atoms with van der Waals surface area (Å²) in [5.74, 6) is -0.232. The fourth-order valence-electron chi connectivity index (χ4n) is 3.31. The van der Waals surface area contributed by atoms with Crippen molar-refractivity contribution in [3.05, 3.63) is 30.1 Å². The normalized spacial score (nSPS) is 21.0. The molecule has 1 aromatic carbocycles. The van der Waals surface area contributed by atoms with Crippen LogP contribution in [0, 0.1) is 23.2 Å². The predicted octanol–water partition coefficient (Wildman–Crippen LogP) is 1.46. The van der Waals surface area contributed by atoms with Gasteiger partial charge in [0.2, 0.25) is 5.91 Å². The van der Waals surface area contributed by atoms with E-state index in [0.29, 0.717) is 23.1 Å². The summed E-state index contributed by atoms with van der Waals surface area (Å²) in [6.07, 6.45) is 2.19. The van der Waals surface area contributed by atoms with E-state index in [9.17, 15) is 15.2 Å². The Balaban J connectivity index is 1.83. The van der Waals surface area contributed by atoms with Gasteiger partial charge >= 0.3 is 0 Å². The lowest BCUT2D eigenvalue weighted by molar-refractivity contribution is -0.132. The summed E-state index contributed by atoms with van der Waals surface area (Å²) in [7, 11) is 0. The fraction of sp³-hybridized carbons (Fsp3) is 0.474. The third-order valence-corrected chi connectivity index (χ3v) is 4.91. The van der Waals surface area contributed by atoms with Gasteiger partial charge in [0, 0.05) is 25.5 Å². The third-order valence-electron chi connectivity index (χ3n) is 4.91. The standard InChI is InChI=1S/C19H23N5O2/c1-11(2)18(25)19(26)23-14-10-24(9-12(14)3)15-5-4-13(8-20)16-17(15)22-7-6-21-16/h4-7,11-12,14,18,25H,9-10H2,1-3H3,(H,23,26)/t12-,14+,18?/m1/s1. The average Bonchev–Trinajstić information content (AvgIpc) is 3.00. The zero-order valence-electron chi connectivity index (χ0n) is 15.2. The Morgan fingerprint density at radius 3 is 2.65 bits per heavy atom. The van der Waals surface area contributed by atoms with E-state index in [-0.39, 0.29) is 23.8 Å². The number of aromatic nitrogens is 2. The van der Waals surface area contributed by atoms with Crippen molar-refractivity contribution in [3.8, 4) is 6.07 Å². The average molecular weight is 353 g/mol. The summed E-state index contributed by atoms with van der Waals surface area (Å²) >= 11 is 0. The van der Waals surface area contributed by atoms with Crippen LogP contribution in [-0.2, 0) is 4.79 Å². The van der Waals surface area contributed by atoms with Gasteiger partial charge in [-0.1, -0.05) is 20.8 Å². The van der Waals surface area contributed by atoms with E-state index in [0.717, 1.165) is 12.2 Å². The molecule has 3 rings (SSSR count). The second kappa shape index (κ2) is 7.26. The van der Waals surface area contributed by atoms with Crippen molar-refractivity contribution in [3.63, 3.8) is 0 Å². The number of hydrogen-bond acceptors (Lipinski definition) is 6. The number of amides is 1. The molecule has 0 aliphatic carbocycles. The van der Waals surface area contributed by atoms with Gasteiger partial charge in [0.1, 0.15) is 23.2 Å². The molecule has 1 aliphatic rings. The van der Waals surface area contributed by atoms with E-state index in [2.05, 4.69) is 33.2 Å². The molecule has 1 fully saturated rings. The molecule has 1 amide bonds. The number of aliphatic hydroxyl groups is 1. The Hall–Kier alpha value is -2.72. The van der Waals surface area contributed by atoms with Crippen molar-refractivity contribution in [2.45, 2.75) is 32.9 Å². The topological polar surface area (TPSA) is 102 Å². The first-order valence-corrected chi connectivity index (χ1v) is 8.79. The Labute approximate surface area is 152 Å². The van der Waals surface area contributed by atoms with E-state index >= 15 is 0 Å². The number of nitriles is 1. The quantitative estimate of drug-likeness (QED) is 0.863. The zero-order chi connectivity index (χ0) is 18.8. The lowest BCUT2D eigenvalue weighted by Crippen LogP contribution is -2.46. The Kier molecular flexibility index (Phi) is 5.05. The van der Waals surface area contributed by atoms with Gasteiger partial charge in [-0.25, -0.2) is 0 Å². The monoisotopic (exact) mass is 353 g/mol. The van der Waals surface area contributed by atoms with Crippen molar-refractivity contribution in [1.29, 1.82) is 5.26 Å². The molecule has 0 saturated carbocycles. The van der Waals surface area contributed by atoms with Crippen LogP contribution >= 0.6 is 0 Å². The maximum Gasteiger partial charge on any atom is 0.249 e. The summed E-state index contributed by atoms with van der Waals surface area (Å²) in [4.78, 5) is 23.0. The molecule has 26 heavy (non-hydrogen) atoms. The van der Waals surface area contributed by atoms with Crippen LogP contribution in [0.2, 0.25) is 0 Å². The first kappa shape index (κ1) is 18.1. The van der Waals surface area contributed by atoms with Crippen molar-refractivity contribution in [2.24, 2.45) is 11.8 Å². The van der Waals surface area contributed by atoms with Crippen LogP contribution in [-0.4, -0.2) is 46.2 Å². The number of fused-ring (bicyclic) bond motifs is 1. The largest absolute Gasteiger partial charge is 0.383 e. The first-order valence-electron chi connectivity index (χ1n) is 8.79. The summed E-state index contributed by atoms with van der Waals surface area (Å²) in [5, 5.41) is 22.2. The van der Waals surface area contributed by atoms with Crippen molar-refractivity contribution >= 4 is 22.6 Å². The minimum atomic E-state index is -1.00. The van der Waals surface area contributed by atoms with Crippen molar-refractivity contribution in [1.82, 2.24) is 15.3 Å². The minimum Gasteiger partial charge on any atom is -0.383 e. The molecular formula is C19H23N5O2. The molecule has 136 valence electrons. The predicted molar refractivity (Wildman–Crippen MR) is 98.4 cm³/mol. The number of aliphatic hydroxyl groups excluding tert-OH is 1. The smallest absolute Gasteiger partial charge is 0.249 e. The highest BCUT2D eigenvalue weighted by atomic mass is 16.3. The van der Waals surface area contributed by atoms with Gasteiger partial charge in [-0.15, -0.1) is 0 Å². The molecule has 2 aromatic rings. The van der Waals surface area contributed by atoms with Gasteiger partial charge in [0.15, 0.2) is 0 Å². The maximum atomic E-state index is 12.2. The maximum absolute atomic E-state index is 12.2. The number of carbonyl (C=O) groups excluding carboxylic acids is 1. The summed E-state index contributed by atoms with van der Waals surface area (Å²) in [6.45, 7) is 7.08. The van der Waals surface area contributed by atoms with E-state index in [4.69, 9.17) is 0 Å². The molecule has 3 atom stereocenters. The van der Waals surface area contributed by atoms with E-state index < -0.39 is 6.10 Å². The second-order valence-corrected chi connectivity index (χ2v) is 7.18. The molecule has 1 aromatic heterocycles. The Bertz CT molecular complexity index is 861. The SMILES string of the molecule is CC(C)C(O)C(=O)N[C@H]1CN(c2ccc(C#N)c3nccnc23)C[C@H]1C. The minimum absolute atomic E-state index is 0.0572. The highest BCUT2D eigenvalue weighted by Gasteiger charge is 2.33. The molecule has 1 unspecified atom stereocenters.